The van der Waals surface area contributed by atoms with Crippen LogP contribution >= 0.6 is 8.37 Å². The molecule has 1 aromatic carbocycles. The van der Waals surface area contributed by atoms with Gasteiger partial charge in [0.2, 0.25) is 0 Å². The smallest absolute Gasteiger partial charge is 0.0680 e. The molecule has 0 saturated carbocycles. The van der Waals surface area contributed by atoms with E-state index in [0.29, 0.717) is 5.66 Å². The number of rotatable bonds is 2. The lowest BCUT2D eigenvalue weighted by atomic mass is 10.1. The van der Waals surface area contributed by atoms with Crippen molar-refractivity contribution < 1.29 is 0 Å². The minimum Gasteiger partial charge on any atom is -0.232 e. The molecule has 0 atom stereocenters. The Morgan fingerprint density at radius 1 is 1.08 bits per heavy atom. The Bertz CT molecular complexity index is 296. The van der Waals surface area contributed by atoms with E-state index in [4.69, 9.17) is 0 Å². The first-order valence-corrected chi connectivity index (χ1v) is 5.48. The summed E-state index contributed by atoms with van der Waals surface area (Å²) in [5.41, 5.74) is 4.30. The Morgan fingerprint density at radius 2 is 1.62 bits per heavy atom. The van der Waals surface area contributed by atoms with E-state index in [-0.39, 0.29) is 0 Å². The minimum absolute atomic E-state index is 0.612. The summed E-state index contributed by atoms with van der Waals surface area (Å²) in [6.45, 7) is 8.57. The highest BCUT2D eigenvalue weighted by Gasteiger charge is 1.93. The van der Waals surface area contributed by atoms with Gasteiger partial charge in [-0.3, -0.25) is 0 Å². The molecule has 0 fully saturated rings. The Kier molecular flexibility index (Phi) is 3.62. The van der Waals surface area contributed by atoms with Crippen LogP contribution in [0.1, 0.15) is 25.0 Å². The maximum atomic E-state index is 4.50. The summed E-state index contributed by atoms with van der Waals surface area (Å²) >= 11 is 0. The van der Waals surface area contributed by atoms with E-state index in [1.807, 2.05) is 0 Å². The standard InChI is InChI=1S/C11H16NP/c1-8(2)13-12-11-6-9(3)5-10(4)7-11/h5-8H,1-4H3. The van der Waals surface area contributed by atoms with Gasteiger partial charge in [-0.05, 0) is 37.1 Å². The molecule has 0 aliphatic heterocycles. The van der Waals surface area contributed by atoms with Crippen LogP contribution in [-0.4, -0.2) is 5.66 Å². The predicted molar refractivity (Wildman–Crippen MR) is 60.1 cm³/mol. The molecule has 0 aliphatic rings. The van der Waals surface area contributed by atoms with Crippen LogP contribution < -0.4 is 0 Å². The fraction of sp³-hybridized carbons (Fsp3) is 0.455. The fourth-order valence-corrected chi connectivity index (χ4v) is 1.67. The van der Waals surface area contributed by atoms with E-state index in [9.17, 15) is 0 Å². The molecule has 0 amide bonds. The Labute approximate surface area is 82.1 Å². The highest BCUT2D eigenvalue weighted by atomic mass is 31.1. The molecule has 0 saturated heterocycles. The second kappa shape index (κ2) is 4.53. The topological polar surface area (TPSA) is 12.4 Å². The number of hydrogen-bond donors (Lipinski definition) is 0. The van der Waals surface area contributed by atoms with Crippen LogP contribution in [0.5, 0.6) is 0 Å². The van der Waals surface area contributed by atoms with Gasteiger partial charge in [0.15, 0.2) is 0 Å². The molecular weight excluding hydrogens is 177 g/mol. The van der Waals surface area contributed by atoms with Gasteiger partial charge in [-0.1, -0.05) is 19.9 Å². The lowest BCUT2D eigenvalue weighted by Gasteiger charge is -1.99. The van der Waals surface area contributed by atoms with Crippen molar-refractivity contribution in [2.75, 3.05) is 0 Å². The van der Waals surface area contributed by atoms with Crippen LogP contribution in [0.3, 0.4) is 0 Å². The third kappa shape index (κ3) is 3.69. The normalized spacial score (nSPS) is 11.5. The molecule has 0 radical (unpaired) electrons. The molecule has 1 rings (SSSR count). The summed E-state index contributed by atoms with van der Waals surface area (Å²) < 4.78 is 4.50. The molecule has 0 unspecified atom stereocenters. The third-order valence-corrected chi connectivity index (χ3v) is 2.42. The molecule has 0 aromatic heterocycles. The number of aryl methyl sites for hydroxylation is 2. The second-order valence-electron chi connectivity index (χ2n) is 3.66. The first kappa shape index (κ1) is 10.4. The van der Waals surface area contributed by atoms with Crippen LogP contribution in [0.2, 0.25) is 0 Å². The number of nitrogens with zero attached hydrogens (tertiary/aromatic N) is 1. The highest BCUT2D eigenvalue weighted by molar-refractivity contribution is 7.27. The zero-order chi connectivity index (χ0) is 9.84. The molecule has 0 bridgehead atoms. The maximum absolute atomic E-state index is 4.50. The Balaban J connectivity index is 2.89. The zero-order valence-electron chi connectivity index (χ0n) is 8.70. The van der Waals surface area contributed by atoms with E-state index in [0.717, 1.165) is 14.1 Å². The first-order chi connectivity index (χ1) is 6.08. The lowest BCUT2D eigenvalue weighted by molar-refractivity contribution is 1.11. The summed E-state index contributed by atoms with van der Waals surface area (Å²) in [6, 6.07) is 6.43. The van der Waals surface area contributed by atoms with Crippen molar-refractivity contribution in [2.45, 2.75) is 33.4 Å². The molecule has 13 heavy (non-hydrogen) atoms. The van der Waals surface area contributed by atoms with Gasteiger partial charge in [-0.2, -0.15) is 0 Å². The van der Waals surface area contributed by atoms with Crippen molar-refractivity contribution in [3.63, 3.8) is 0 Å². The van der Waals surface area contributed by atoms with Crippen molar-refractivity contribution in [2.24, 2.45) is 4.74 Å². The minimum atomic E-state index is 0.612. The highest BCUT2D eigenvalue weighted by Crippen LogP contribution is 2.22. The monoisotopic (exact) mass is 193 g/mol. The van der Waals surface area contributed by atoms with Gasteiger partial charge in [0.1, 0.15) is 0 Å². The predicted octanol–water partition coefficient (Wildman–Crippen LogP) is 4.47. The Hall–Kier alpha value is -0.680. The molecule has 2 heteroatoms. The summed E-state index contributed by atoms with van der Waals surface area (Å²) in [5.74, 6) is 0. The van der Waals surface area contributed by atoms with Gasteiger partial charge in [0.25, 0.3) is 0 Å². The summed E-state index contributed by atoms with van der Waals surface area (Å²) in [5, 5.41) is 0. The molecule has 0 spiro atoms. The molecule has 70 valence electrons. The van der Waals surface area contributed by atoms with Gasteiger partial charge < -0.3 is 0 Å². The van der Waals surface area contributed by atoms with E-state index in [1.54, 1.807) is 0 Å². The van der Waals surface area contributed by atoms with Gasteiger partial charge in [-0.25, -0.2) is 4.74 Å². The zero-order valence-corrected chi connectivity index (χ0v) is 9.60. The van der Waals surface area contributed by atoms with Gasteiger partial charge in [0, 0.05) is 14.0 Å². The number of benzene rings is 1. The van der Waals surface area contributed by atoms with Crippen LogP contribution in [0.15, 0.2) is 22.9 Å². The van der Waals surface area contributed by atoms with Crippen molar-refractivity contribution in [3.05, 3.63) is 29.3 Å². The maximum Gasteiger partial charge on any atom is 0.0680 e. The first-order valence-electron chi connectivity index (χ1n) is 4.57. The Morgan fingerprint density at radius 3 is 2.08 bits per heavy atom. The fourth-order valence-electron chi connectivity index (χ4n) is 1.19. The summed E-state index contributed by atoms with van der Waals surface area (Å²) in [7, 11) is 1.16. The summed E-state index contributed by atoms with van der Waals surface area (Å²) in [4.78, 5) is 0. The SMILES string of the molecule is Cc1cc(C)cc(N=PC(C)C)c1. The molecule has 1 aromatic rings. The van der Waals surface area contributed by atoms with Gasteiger partial charge >= 0.3 is 0 Å². The molecular formula is C11H16NP. The van der Waals surface area contributed by atoms with Crippen LogP contribution in [-0.2, 0) is 0 Å². The van der Waals surface area contributed by atoms with Crippen molar-refractivity contribution in [3.8, 4) is 0 Å². The molecule has 0 heterocycles. The van der Waals surface area contributed by atoms with Crippen molar-refractivity contribution in [1.82, 2.24) is 0 Å². The van der Waals surface area contributed by atoms with E-state index >= 15 is 0 Å². The van der Waals surface area contributed by atoms with E-state index < -0.39 is 0 Å². The average molecular weight is 193 g/mol. The largest absolute Gasteiger partial charge is 0.232 e. The van der Waals surface area contributed by atoms with Crippen molar-refractivity contribution in [1.29, 1.82) is 0 Å². The van der Waals surface area contributed by atoms with Gasteiger partial charge in [-0.15, -0.1) is 0 Å². The third-order valence-electron chi connectivity index (χ3n) is 1.61. The van der Waals surface area contributed by atoms with Crippen molar-refractivity contribution >= 4 is 14.1 Å². The molecule has 0 aliphatic carbocycles. The quantitative estimate of drug-likeness (QED) is 0.614. The second-order valence-corrected chi connectivity index (χ2v) is 5.12. The van der Waals surface area contributed by atoms with Crippen LogP contribution in [0.4, 0.5) is 5.69 Å². The van der Waals surface area contributed by atoms with Crippen LogP contribution in [0.25, 0.3) is 0 Å². The van der Waals surface area contributed by atoms with Crippen LogP contribution in [0, 0.1) is 13.8 Å². The lowest BCUT2D eigenvalue weighted by Crippen LogP contribution is -1.77. The molecule has 1 nitrogen and oxygen atoms in total. The van der Waals surface area contributed by atoms with E-state index in [2.05, 4.69) is 50.6 Å². The number of hydrogen-bond acceptors (Lipinski definition) is 1. The average Bonchev–Trinajstić information content (AvgIpc) is 1.99. The molecule has 0 N–H and O–H groups in total. The summed E-state index contributed by atoms with van der Waals surface area (Å²) in [6.07, 6.45) is 0. The van der Waals surface area contributed by atoms with Gasteiger partial charge in [0.05, 0.1) is 5.69 Å². The van der Waals surface area contributed by atoms with E-state index in [1.165, 1.54) is 11.1 Å².